The van der Waals surface area contributed by atoms with Crippen molar-refractivity contribution in [2.24, 2.45) is 0 Å². The normalized spacial score (nSPS) is 14.7. The fourth-order valence-electron chi connectivity index (χ4n) is 3.86. The van der Waals surface area contributed by atoms with E-state index in [-0.39, 0.29) is 23.5 Å². The minimum Gasteiger partial charge on any atom is -0.324 e. The molecule has 0 fully saturated rings. The van der Waals surface area contributed by atoms with Gasteiger partial charge in [-0.1, -0.05) is 12.1 Å². The first-order valence-corrected chi connectivity index (χ1v) is 10.4. The molecule has 0 saturated heterocycles. The molecule has 0 aromatic carbocycles. The first-order chi connectivity index (χ1) is 16.8. The number of hydrogen-bond donors (Lipinski definition) is 1. The maximum absolute atomic E-state index is 15.4. The second-order valence-corrected chi connectivity index (χ2v) is 8.57. The SMILES string of the molecule is CC1(C)c2cccc(n2)-c2c(ncc(C(F)(F)F)c2F)Nc2cc(C(F)(F)F)nn2-c2cccc1n2. The molecule has 1 aliphatic heterocycles. The van der Waals surface area contributed by atoms with Gasteiger partial charge in [-0.2, -0.15) is 36.1 Å². The van der Waals surface area contributed by atoms with Gasteiger partial charge in [0.1, 0.15) is 23.0 Å². The second kappa shape index (κ2) is 7.73. The molecule has 0 unspecified atom stereocenters. The molecule has 0 amide bonds. The molecule has 186 valence electrons. The van der Waals surface area contributed by atoms with Gasteiger partial charge in [-0.15, -0.1) is 0 Å². The lowest BCUT2D eigenvalue weighted by molar-refractivity contribution is -0.141. The predicted molar refractivity (Wildman–Crippen MR) is 114 cm³/mol. The highest BCUT2D eigenvalue weighted by Crippen LogP contribution is 2.41. The van der Waals surface area contributed by atoms with Crippen LogP contribution in [-0.4, -0.2) is 24.7 Å². The van der Waals surface area contributed by atoms with E-state index in [0.717, 1.165) is 4.68 Å². The highest BCUT2D eigenvalue weighted by molar-refractivity contribution is 5.77. The summed E-state index contributed by atoms with van der Waals surface area (Å²) in [6.45, 7) is 3.45. The Kier molecular flexibility index (Phi) is 5.09. The van der Waals surface area contributed by atoms with E-state index in [1.807, 2.05) is 0 Å². The molecule has 5 heterocycles. The smallest absolute Gasteiger partial charge is 0.324 e. The number of pyridine rings is 3. The number of alkyl halides is 6. The predicted octanol–water partition coefficient (Wildman–Crippen LogP) is 6.28. The molecule has 1 N–H and O–H groups in total. The summed E-state index contributed by atoms with van der Waals surface area (Å²) in [5, 5.41) is 6.11. The Bertz CT molecular complexity index is 1490. The first kappa shape index (κ1) is 23.7. The number of nitrogens with zero attached hydrogens (tertiary/aromatic N) is 5. The molecule has 4 aromatic rings. The summed E-state index contributed by atoms with van der Waals surface area (Å²) in [5.41, 5.74) is -4.02. The van der Waals surface area contributed by atoms with Crippen LogP contribution in [0.1, 0.15) is 36.5 Å². The van der Waals surface area contributed by atoms with Gasteiger partial charge in [-0.3, -0.25) is 4.98 Å². The third-order valence-electron chi connectivity index (χ3n) is 5.80. The number of rotatable bonds is 0. The first-order valence-electron chi connectivity index (χ1n) is 10.4. The fourth-order valence-corrected chi connectivity index (χ4v) is 3.86. The standard InChI is InChI=1S/C23H15F7N6/c1-21(2)13-6-3-5-12(32-13)18-19(24)11(22(25,26)27)10-31-20(18)34-17-9-15(23(28,29)30)35-36(17)16-8-4-7-14(21)33-16/h3-10H,1-2H3,(H,31,34). The Hall–Kier alpha value is -4.03. The fraction of sp³-hybridized carbons (Fsp3) is 0.217. The molecule has 13 heteroatoms. The Morgan fingerprint density at radius 3 is 2.22 bits per heavy atom. The van der Waals surface area contributed by atoms with Gasteiger partial charge in [-0.05, 0) is 38.1 Å². The topological polar surface area (TPSA) is 68.5 Å². The maximum atomic E-state index is 15.4. The molecule has 6 nitrogen and oxygen atoms in total. The second-order valence-electron chi connectivity index (χ2n) is 8.57. The number of fused-ring (bicyclic) bond motifs is 8. The number of anilines is 2. The summed E-state index contributed by atoms with van der Waals surface area (Å²) in [7, 11) is 0. The van der Waals surface area contributed by atoms with Gasteiger partial charge in [0.25, 0.3) is 0 Å². The van der Waals surface area contributed by atoms with Crippen LogP contribution >= 0.6 is 0 Å². The van der Waals surface area contributed by atoms with Crippen LogP contribution in [0.25, 0.3) is 17.1 Å². The highest BCUT2D eigenvalue weighted by atomic mass is 19.4. The lowest BCUT2D eigenvalue weighted by atomic mass is 9.84. The lowest BCUT2D eigenvalue weighted by Gasteiger charge is -2.26. The van der Waals surface area contributed by atoms with Crippen LogP contribution in [0.2, 0.25) is 0 Å². The van der Waals surface area contributed by atoms with Crippen LogP contribution in [0.15, 0.2) is 48.7 Å². The molecule has 36 heavy (non-hydrogen) atoms. The van der Waals surface area contributed by atoms with Gasteiger partial charge in [0.2, 0.25) is 0 Å². The molecule has 4 bridgehead atoms. The minimum atomic E-state index is -5.07. The van der Waals surface area contributed by atoms with Crippen molar-refractivity contribution in [1.82, 2.24) is 24.7 Å². The van der Waals surface area contributed by atoms with Crippen LogP contribution in [0.3, 0.4) is 0 Å². The van der Waals surface area contributed by atoms with Crippen LogP contribution in [0, 0.1) is 5.82 Å². The van der Waals surface area contributed by atoms with Crippen molar-refractivity contribution < 1.29 is 30.7 Å². The zero-order valence-corrected chi connectivity index (χ0v) is 18.5. The monoisotopic (exact) mass is 508 g/mol. The van der Waals surface area contributed by atoms with Crippen molar-refractivity contribution in [2.45, 2.75) is 31.6 Å². The summed E-state index contributed by atoms with van der Waals surface area (Å²) < 4.78 is 97.3. The third kappa shape index (κ3) is 3.84. The van der Waals surface area contributed by atoms with E-state index in [4.69, 9.17) is 0 Å². The molecule has 0 saturated carbocycles. The Morgan fingerprint density at radius 2 is 1.56 bits per heavy atom. The highest BCUT2D eigenvalue weighted by Gasteiger charge is 2.39. The van der Waals surface area contributed by atoms with Gasteiger partial charge < -0.3 is 5.32 Å². The number of nitrogens with one attached hydrogen (secondary N) is 1. The summed E-state index contributed by atoms with van der Waals surface area (Å²) in [6.07, 6.45) is -9.65. The summed E-state index contributed by atoms with van der Waals surface area (Å²) in [6, 6.07) is 9.63. The van der Waals surface area contributed by atoms with Gasteiger partial charge in [0, 0.05) is 17.7 Å². The largest absolute Gasteiger partial charge is 0.435 e. The Balaban J connectivity index is 1.87. The van der Waals surface area contributed by atoms with Crippen molar-refractivity contribution in [3.63, 3.8) is 0 Å². The van der Waals surface area contributed by atoms with Crippen molar-refractivity contribution in [3.8, 4) is 17.1 Å². The molecular formula is C23H15F7N6. The minimum absolute atomic E-state index is 0.00997. The van der Waals surface area contributed by atoms with E-state index in [1.165, 1.54) is 18.2 Å². The molecular weight excluding hydrogens is 493 g/mol. The Labute approximate surface area is 198 Å². The van der Waals surface area contributed by atoms with Crippen LogP contribution in [-0.2, 0) is 17.8 Å². The van der Waals surface area contributed by atoms with E-state index in [0.29, 0.717) is 17.5 Å². The summed E-state index contributed by atoms with van der Waals surface area (Å²) in [4.78, 5) is 12.6. The summed E-state index contributed by atoms with van der Waals surface area (Å²) in [5.74, 6) is -2.49. The van der Waals surface area contributed by atoms with E-state index in [9.17, 15) is 26.3 Å². The van der Waals surface area contributed by atoms with Gasteiger partial charge in [0.05, 0.1) is 22.6 Å². The molecule has 5 rings (SSSR count). The lowest BCUT2D eigenvalue weighted by Crippen LogP contribution is -2.24. The average molecular weight is 508 g/mol. The van der Waals surface area contributed by atoms with Crippen LogP contribution in [0.5, 0.6) is 0 Å². The molecule has 0 spiro atoms. The van der Waals surface area contributed by atoms with Gasteiger partial charge in [0.15, 0.2) is 11.5 Å². The Morgan fingerprint density at radius 1 is 0.889 bits per heavy atom. The van der Waals surface area contributed by atoms with E-state index in [2.05, 4.69) is 25.4 Å². The van der Waals surface area contributed by atoms with Crippen LogP contribution in [0.4, 0.5) is 42.4 Å². The summed E-state index contributed by atoms with van der Waals surface area (Å²) >= 11 is 0. The number of aromatic nitrogens is 5. The quantitative estimate of drug-likeness (QED) is 0.283. The van der Waals surface area contributed by atoms with Gasteiger partial charge in [-0.25, -0.2) is 14.4 Å². The average Bonchev–Trinajstić information content (AvgIpc) is 3.22. The van der Waals surface area contributed by atoms with Crippen LogP contribution < -0.4 is 5.32 Å². The molecule has 0 radical (unpaired) electrons. The molecule has 4 aromatic heterocycles. The van der Waals surface area contributed by atoms with E-state index < -0.39 is 46.2 Å². The van der Waals surface area contributed by atoms with E-state index in [1.54, 1.807) is 32.0 Å². The van der Waals surface area contributed by atoms with Crippen molar-refractivity contribution in [3.05, 3.63) is 77.1 Å². The maximum Gasteiger partial charge on any atom is 0.435 e. The van der Waals surface area contributed by atoms with Crippen molar-refractivity contribution in [2.75, 3.05) is 5.32 Å². The van der Waals surface area contributed by atoms with Crippen molar-refractivity contribution in [1.29, 1.82) is 0 Å². The van der Waals surface area contributed by atoms with E-state index >= 15 is 4.39 Å². The number of halogens is 7. The van der Waals surface area contributed by atoms with Crippen molar-refractivity contribution >= 4 is 11.6 Å². The number of hydrogen-bond acceptors (Lipinski definition) is 5. The zero-order valence-electron chi connectivity index (χ0n) is 18.5. The molecule has 0 atom stereocenters. The van der Waals surface area contributed by atoms with Gasteiger partial charge >= 0.3 is 12.4 Å². The third-order valence-corrected chi connectivity index (χ3v) is 5.80. The molecule has 1 aliphatic rings. The zero-order chi connectivity index (χ0) is 26.0. The molecule has 0 aliphatic carbocycles.